The molecule has 2 rings (SSSR count). The Balaban J connectivity index is 2.26. The van der Waals surface area contributed by atoms with Crippen LogP contribution in [0.25, 0.3) is 6.08 Å². The van der Waals surface area contributed by atoms with Crippen molar-refractivity contribution in [1.29, 1.82) is 5.26 Å². The van der Waals surface area contributed by atoms with Gasteiger partial charge in [-0.05, 0) is 60.8 Å². The fourth-order valence-electron chi connectivity index (χ4n) is 2.28. The molecular formula is C18H17N. The van der Waals surface area contributed by atoms with Gasteiger partial charge in [0.1, 0.15) is 0 Å². The van der Waals surface area contributed by atoms with Gasteiger partial charge in [0.15, 0.2) is 0 Å². The topological polar surface area (TPSA) is 23.8 Å². The molecule has 0 unspecified atom stereocenters. The summed E-state index contributed by atoms with van der Waals surface area (Å²) in [6.45, 7) is 6.36. The molecule has 1 aromatic carbocycles. The van der Waals surface area contributed by atoms with Crippen molar-refractivity contribution in [2.24, 2.45) is 0 Å². The first-order chi connectivity index (χ1) is 9.15. The Kier molecular flexibility index (Phi) is 3.82. The Morgan fingerprint density at radius 2 is 1.74 bits per heavy atom. The minimum atomic E-state index is 0.695. The normalized spacial score (nSPS) is 17.2. The summed E-state index contributed by atoms with van der Waals surface area (Å²) in [4.78, 5) is 0. The first kappa shape index (κ1) is 13.1. The second-order valence-electron chi connectivity index (χ2n) is 4.68. The number of rotatable bonds is 2. The van der Waals surface area contributed by atoms with Crippen LogP contribution in [0.2, 0.25) is 0 Å². The van der Waals surface area contributed by atoms with E-state index in [9.17, 15) is 0 Å². The van der Waals surface area contributed by atoms with E-state index >= 15 is 0 Å². The molecule has 0 aliphatic heterocycles. The highest BCUT2D eigenvalue weighted by Gasteiger charge is 2.12. The summed E-state index contributed by atoms with van der Waals surface area (Å²) < 4.78 is 0. The molecule has 0 bridgehead atoms. The third kappa shape index (κ3) is 2.74. The van der Waals surface area contributed by atoms with Gasteiger partial charge in [-0.25, -0.2) is 0 Å². The molecule has 94 valence electrons. The van der Waals surface area contributed by atoms with Crippen molar-refractivity contribution < 1.29 is 0 Å². The molecule has 1 heteroatoms. The molecule has 1 aliphatic carbocycles. The van der Waals surface area contributed by atoms with Gasteiger partial charge in [0.2, 0.25) is 0 Å². The zero-order chi connectivity index (χ0) is 13.8. The average Bonchev–Trinajstić information content (AvgIpc) is 2.72. The van der Waals surface area contributed by atoms with Crippen LogP contribution < -0.4 is 0 Å². The smallest absolute Gasteiger partial charge is 0.0991 e. The molecule has 0 fully saturated rings. The third-order valence-electron chi connectivity index (χ3n) is 3.43. The molecule has 0 amide bonds. The van der Waals surface area contributed by atoms with E-state index in [0.717, 1.165) is 5.56 Å². The van der Waals surface area contributed by atoms with Crippen molar-refractivity contribution in [3.8, 4) is 6.07 Å². The summed E-state index contributed by atoms with van der Waals surface area (Å²) in [5.41, 5.74) is 7.02. The van der Waals surface area contributed by atoms with Crippen LogP contribution in [0, 0.1) is 11.3 Å². The number of nitriles is 1. The summed E-state index contributed by atoms with van der Waals surface area (Å²) in [6, 6.07) is 9.75. The van der Waals surface area contributed by atoms with Crippen LogP contribution in [0.4, 0.5) is 0 Å². The van der Waals surface area contributed by atoms with Crippen LogP contribution in [-0.2, 0) is 0 Å². The first-order valence-electron chi connectivity index (χ1n) is 6.40. The van der Waals surface area contributed by atoms with Gasteiger partial charge < -0.3 is 0 Å². The van der Waals surface area contributed by atoms with Crippen molar-refractivity contribution >= 4 is 6.08 Å². The Labute approximate surface area is 114 Å². The summed E-state index contributed by atoms with van der Waals surface area (Å²) in [5.74, 6) is 0. The molecule has 0 aromatic heterocycles. The molecule has 0 saturated carbocycles. The van der Waals surface area contributed by atoms with E-state index in [0.29, 0.717) is 5.56 Å². The molecular weight excluding hydrogens is 230 g/mol. The van der Waals surface area contributed by atoms with Crippen LogP contribution in [0.5, 0.6) is 0 Å². The molecule has 0 spiro atoms. The van der Waals surface area contributed by atoms with Crippen molar-refractivity contribution in [2.45, 2.75) is 20.8 Å². The van der Waals surface area contributed by atoms with Crippen LogP contribution in [0.3, 0.4) is 0 Å². The van der Waals surface area contributed by atoms with Gasteiger partial charge in [-0.3, -0.25) is 0 Å². The van der Waals surface area contributed by atoms with Gasteiger partial charge in [-0.15, -0.1) is 0 Å². The van der Waals surface area contributed by atoms with E-state index in [-0.39, 0.29) is 0 Å². The lowest BCUT2D eigenvalue weighted by atomic mass is 10.0. The number of benzene rings is 1. The molecule has 19 heavy (non-hydrogen) atoms. The highest BCUT2D eigenvalue weighted by atomic mass is 14.2. The summed E-state index contributed by atoms with van der Waals surface area (Å²) in [7, 11) is 0. The minimum Gasteiger partial charge on any atom is -0.192 e. The van der Waals surface area contributed by atoms with E-state index in [1.807, 2.05) is 24.3 Å². The van der Waals surface area contributed by atoms with Gasteiger partial charge in [-0.1, -0.05) is 36.4 Å². The molecule has 0 N–H and O–H groups in total. The Morgan fingerprint density at radius 3 is 2.26 bits per heavy atom. The van der Waals surface area contributed by atoms with Gasteiger partial charge in [0.05, 0.1) is 11.6 Å². The van der Waals surface area contributed by atoms with E-state index in [2.05, 4.69) is 51.1 Å². The van der Waals surface area contributed by atoms with Crippen molar-refractivity contribution in [3.05, 3.63) is 75.9 Å². The highest BCUT2D eigenvalue weighted by Crippen LogP contribution is 2.31. The van der Waals surface area contributed by atoms with E-state index in [1.54, 1.807) is 0 Å². The fraction of sp³-hybridized carbons (Fsp3) is 0.167. The molecule has 1 aliphatic rings. The lowest BCUT2D eigenvalue weighted by Gasteiger charge is -2.00. The quantitative estimate of drug-likeness (QED) is 0.736. The first-order valence-corrected chi connectivity index (χ1v) is 6.40. The van der Waals surface area contributed by atoms with Gasteiger partial charge in [-0.2, -0.15) is 5.26 Å². The second-order valence-corrected chi connectivity index (χ2v) is 4.68. The number of hydrogen-bond acceptors (Lipinski definition) is 1. The largest absolute Gasteiger partial charge is 0.192 e. The van der Waals surface area contributed by atoms with Gasteiger partial charge >= 0.3 is 0 Å². The average molecular weight is 247 g/mol. The zero-order valence-corrected chi connectivity index (χ0v) is 11.6. The number of hydrogen-bond donors (Lipinski definition) is 0. The van der Waals surface area contributed by atoms with Crippen LogP contribution in [0.1, 0.15) is 31.9 Å². The van der Waals surface area contributed by atoms with Gasteiger partial charge in [0.25, 0.3) is 0 Å². The molecule has 0 heterocycles. The number of nitrogens with zero attached hydrogens (tertiary/aromatic N) is 1. The summed E-state index contributed by atoms with van der Waals surface area (Å²) in [6.07, 6.45) is 8.60. The van der Waals surface area contributed by atoms with Crippen molar-refractivity contribution in [2.75, 3.05) is 0 Å². The van der Waals surface area contributed by atoms with Crippen LogP contribution in [0.15, 0.2) is 64.8 Å². The van der Waals surface area contributed by atoms with E-state index in [4.69, 9.17) is 5.26 Å². The Bertz CT molecular complexity index is 644. The fourth-order valence-corrected chi connectivity index (χ4v) is 2.28. The minimum absolute atomic E-state index is 0.695. The molecule has 0 atom stereocenters. The Morgan fingerprint density at radius 1 is 1.05 bits per heavy atom. The lowest BCUT2D eigenvalue weighted by molar-refractivity contribution is 1.39. The SMILES string of the molecule is C/C=C1/C=C(C)C(/C=C/c2ccc(C#N)cc2)=C1C. The standard InChI is InChI=1S/C18H17N/c1-4-17-11-13(2)18(14(17)3)10-9-15-5-7-16(12-19)8-6-15/h4-11H,1-3H3/b10-9+,17-4-. The molecule has 0 saturated heterocycles. The maximum Gasteiger partial charge on any atom is 0.0991 e. The van der Waals surface area contributed by atoms with Crippen molar-refractivity contribution in [3.63, 3.8) is 0 Å². The predicted octanol–water partition coefficient (Wildman–Crippen LogP) is 4.79. The summed E-state index contributed by atoms with van der Waals surface area (Å²) >= 11 is 0. The monoisotopic (exact) mass is 247 g/mol. The Hall–Kier alpha value is -2.33. The van der Waals surface area contributed by atoms with E-state index in [1.165, 1.54) is 22.3 Å². The van der Waals surface area contributed by atoms with Crippen LogP contribution >= 0.6 is 0 Å². The summed E-state index contributed by atoms with van der Waals surface area (Å²) in [5, 5.41) is 8.77. The maximum absolute atomic E-state index is 8.77. The van der Waals surface area contributed by atoms with Crippen LogP contribution in [-0.4, -0.2) is 0 Å². The lowest BCUT2D eigenvalue weighted by Crippen LogP contribution is -1.81. The molecule has 1 aromatic rings. The maximum atomic E-state index is 8.77. The van der Waals surface area contributed by atoms with Crippen molar-refractivity contribution in [1.82, 2.24) is 0 Å². The van der Waals surface area contributed by atoms with Gasteiger partial charge in [0, 0.05) is 0 Å². The zero-order valence-electron chi connectivity index (χ0n) is 11.6. The third-order valence-corrected chi connectivity index (χ3v) is 3.43. The molecule has 1 nitrogen and oxygen atoms in total. The number of allylic oxidation sites excluding steroid dienone is 7. The highest BCUT2D eigenvalue weighted by molar-refractivity contribution is 5.65. The second kappa shape index (κ2) is 5.54. The molecule has 0 radical (unpaired) electrons. The predicted molar refractivity (Wildman–Crippen MR) is 80.4 cm³/mol. The van der Waals surface area contributed by atoms with E-state index < -0.39 is 0 Å².